The monoisotopic (exact) mass is 351 g/mol. The largest absolute Gasteiger partial charge is 0.483 e. The van der Waals surface area contributed by atoms with Crippen molar-refractivity contribution in [1.82, 2.24) is 5.32 Å². The lowest BCUT2D eigenvalue weighted by Gasteiger charge is -2.18. The summed E-state index contributed by atoms with van der Waals surface area (Å²) in [5.41, 5.74) is 6.32. The molecule has 1 atom stereocenters. The van der Waals surface area contributed by atoms with Gasteiger partial charge in [0, 0.05) is 0 Å². The highest BCUT2D eigenvalue weighted by Crippen LogP contribution is 2.28. The second-order valence-corrected chi connectivity index (χ2v) is 7.66. The molecule has 3 nitrogen and oxygen atoms in total. The van der Waals surface area contributed by atoms with Crippen LogP contribution in [0.2, 0.25) is 0 Å². The van der Waals surface area contributed by atoms with Gasteiger partial charge in [0.05, 0.1) is 6.04 Å². The van der Waals surface area contributed by atoms with E-state index >= 15 is 0 Å². The van der Waals surface area contributed by atoms with Gasteiger partial charge in [-0.15, -0.1) is 0 Å². The molecule has 0 radical (unpaired) electrons. The number of aryl methyl sites for hydroxylation is 3. The lowest BCUT2D eigenvalue weighted by atomic mass is 10.0. The lowest BCUT2D eigenvalue weighted by Crippen LogP contribution is -2.31. The van der Waals surface area contributed by atoms with Crippen molar-refractivity contribution in [2.75, 3.05) is 6.61 Å². The zero-order valence-corrected chi connectivity index (χ0v) is 16.3. The highest BCUT2D eigenvalue weighted by molar-refractivity contribution is 5.78. The fourth-order valence-electron chi connectivity index (χ4n) is 3.61. The molecule has 0 saturated heterocycles. The number of rotatable bonds is 6. The third-order valence-corrected chi connectivity index (χ3v) is 5.15. The molecule has 0 heterocycles. The van der Waals surface area contributed by atoms with Crippen molar-refractivity contribution in [3.8, 4) is 5.75 Å². The second-order valence-electron chi connectivity index (χ2n) is 7.66. The Morgan fingerprint density at radius 1 is 1.08 bits per heavy atom. The van der Waals surface area contributed by atoms with E-state index in [-0.39, 0.29) is 18.6 Å². The molecule has 0 unspecified atom stereocenters. The second kappa shape index (κ2) is 7.94. The normalized spacial score (nSPS) is 14.2. The van der Waals surface area contributed by atoms with Gasteiger partial charge in [-0.2, -0.15) is 0 Å². The van der Waals surface area contributed by atoms with Gasteiger partial charge in [0.15, 0.2) is 6.61 Å². The number of nitrogens with one attached hydrogen (secondary N) is 1. The van der Waals surface area contributed by atoms with Gasteiger partial charge in [-0.25, -0.2) is 0 Å². The first-order valence-electron chi connectivity index (χ1n) is 9.58. The Balaban J connectivity index is 1.60. The fourth-order valence-corrected chi connectivity index (χ4v) is 3.61. The number of amides is 1. The maximum absolute atomic E-state index is 12.4. The zero-order chi connectivity index (χ0) is 18.7. The minimum atomic E-state index is -0.0887. The van der Waals surface area contributed by atoms with Gasteiger partial charge in [-0.1, -0.05) is 44.2 Å². The van der Waals surface area contributed by atoms with E-state index in [0.717, 1.165) is 28.9 Å². The zero-order valence-electron chi connectivity index (χ0n) is 16.3. The predicted molar refractivity (Wildman–Crippen MR) is 106 cm³/mol. The minimum absolute atomic E-state index is 0.0147. The first-order valence-corrected chi connectivity index (χ1v) is 9.58. The van der Waals surface area contributed by atoms with Crippen LogP contribution in [0.5, 0.6) is 5.75 Å². The molecule has 2 aromatic rings. The summed E-state index contributed by atoms with van der Waals surface area (Å²) in [5, 5.41) is 3.06. The molecule has 3 heteroatoms. The molecule has 2 aromatic carbocycles. The Labute approximate surface area is 156 Å². The summed E-state index contributed by atoms with van der Waals surface area (Å²) in [4.78, 5) is 12.4. The summed E-state index contributed by atoms with van der Waals surface area (Å²) in [6.45, 7) is 8.37. The van der Waals surface area contributed by atoms with Crippen molar-refractivity contribution >= 4 is 5.91 Å². The van der Waals surface area contributed by atoms with Gasteiger partial charge in [0.1, 0.15) is 5.75 Å². The van der Waals surface area contributed by atoms with Crippen molar-refractivity contribution < 1.29 is 9.53 Å². The van der Waals surface area contributed by atoms with Crippen LogP contribution in [-0.4, -0.2) is 12.5 Å². The highest BCUT2D eigenvalue weighted by atomic mass is 16.5. The van der Waals surface area contributed by atoms with Gasteiger partial charge >= 0.3 is 0 Å². The van der Waals surface area contributed by atoms with Gasteiger partial charge < -0.3 is 10.1 Å². The van der Waals surface area contributed by atoms with Crippen molar-refractivity contribution in [2.45, 2.75) is 58.9 Å². The van der Waals surface area contributed by atoms with Crippen LogP contribution in [0, 0.1) is 6.92 Å². The number of ether oxygens (including phenoxy) is 1. The van der Waals surface area contributed by atoms with Crippen LogP contribution in [0.1, 0.15) is 67.0 Å². The summed E-state index contributed by atoms with van der Waals surface area (Å²) in [7, 11) is 0. The summed E-state index contributed by atoms with van der Waals surface area (Å²) in [5.74, 6) is 1.08. The third kappa shape index (κ3) is 4.27. The quantitative estimate of drug-likeness (QED) is 0.807. The summed E-state index contributed by atoms with van der Waals surface area (Å²) < 4.78 is 5.84. The van der Waals surface area contributed by atoms with E-state index in [1.807, 2.05) is 19.9 Å². The average Bonchev–Trinajstić information content (AvgIpc) is 3.07. The van der Waals surface area contributed by atoms with E-state index in [2.05, 4.69) is 49.5 Å². The van der Waals surface area contributed by atoms with Crippen molar-refractivity contribution in [3.63, 3.8) is 0 Å². The Hall–Kier alpha value is -2.29. The molecular formula is C23H29NO2. The van der Waals surface area contributed by atoms with E-state index < -0.39 is 0 Å². The van der Waals surface area contributed by atoms with E-state index in [0.29, 0.717) is 5.92 Å². The van der Waals surface area contributed by atoms with Crippen molar-refractivity contribution in [1.29, 1.82) is 0 Å². The first-order chi connectivity index (χ1) is 12.4. The highest BCUT2D eigenvalue weighted by Gasteiger charge is 2.16. The maximum atomic E-state index is 12.4. The molecule has 0 fully saturated rings. The summed E-state index contributed by atoms with van der Waals surface area (Å²) in [6, 6.07) is 12.7. The molecule has 1 amide bonds. The lowest BCUT2D eigenvalue weighted by molar-refractivity contribution is -0.123. The number of hydrogen-bond acceptors (Lipinski definition) is 2. The molecule has 138 valence electrons. The maximum Gasteiger partial charge on any atom is 0.258 e. The standard InChI is InChI=1S/C23H29NO2/c1-15(2)21-11-8-16(3)12-22(21)26-14-23(25)24-17(4)19-10-9-18-6-5-7-20(18)13-19/h8-13,15,17H,5-7,14H2,1-4H3,(H,24,25)/t17-/m0/s1. The van der Waals surface area contributed by atoms with Gasteiger partial charge in [-0.3, -0.25) is 4.79 Å². The average molecular weight is 351 g/mol. The number of carbonyl (C=O) groups excluding carboxylic acids is 1. The van der Waals surface area contributed by atoms with Crippen LogP contribution in [0.25, 0.3) is 0 Å². The Morgan fingerprint density at radius 2 is 1.85 bits per heavy atom. The van der Waals surface area contributed by atoms with Crippen LogP contribution in [0.4, 0.5) is 0 Å². The molecule has 0 aliphatic heterocycles. The van der Waals surface area contributed by atoms with Gasteiger partial charge in [0.25, 0.3) is 5.91 Å². The summed E-state index contributed by atoms with van der Waals surface area (Å²) in [6.07, 6.45) is 3.57. The van der Waals surface area contributed by atoms with Crippen LogP contribution < -0.4 is 10.1 Å². The number of carbonyl (C=O) groups is 1. The smallest absolute Gasteiger partial charge is 0.258 e. The van der Waals surface area contributed by atoms with Crippen LogP contribution in [0.3, 0.4) is 0 Å². The van der Waals surface area contributed by atoms with E-state index in [1.54, 1.807) is 0 Å². The number of fused-ring (bicyclic) bond motifs is 1. The van der Waals surface area contributed by atoms with Gasteiger partial charge in [-0.05, 0) is 72.9 Å². The molecular weight excluding hydrogens is 322 g/mol. The fraction of sp³-hybridized carbons (Fsp3) is 0.435. The molecule has 1 N–H and O–H groups in total. The Kier molecular flexibility index (Phi) is 5.65. The molecule has 26 heavy (non-hydrogen) atoms. The minimum Gasteiger partial charge on any atom is -0.483 e. The van der Waals surface area contributed by atoms with Crippen molar-refractivity contribution in [2.24, 2.45) is 0 Å². The summed E-state index contributed by atoms with van der Waals surface area (Å²) >= 11 is 0. The van der Waals surface area contributed by atoms with E-state index in [9.17, 15) is 4.79 Å². The van der Waals surface area contributed by atoms with Crippen molar-refractivity contribution in [3.05, 3.63) is 64.2 Å². The first kappa shape index (κ1) is 18.5. The van der Waals surface area contributed by atoms with E-state index in [4.69, 9.17) is 4.74 Å². The molecule has 3 rings (SSSR count). The van der Waals surface area contributed by atoms with Gasteiger partial charge in [0.2, 0.25) is 0 Å². The van der Waals surface area contributed by atoms with E-state index in [1.165, 1.54) is 24.0 Å². The van der Waals surface area contributed by atoms with Crippen LogP contribution in [0.15, 0.2) is 36.4 Å². The van der Waals surface area contributed by atoms with Crippen LogP contribution >= 0.6 is 0 Å². The predicted octanol–water partition coefficient (Wildman–Crippen LogP) is 4.86. The number of hydrogen-bond donors (Lipinski definition) is 1. The molecule has 0 bridgehead atoms. The number of benzene rings is 2. The third-order valence-electron chi connectivity index (χ3n) is 5.15. The molecule has 1 aliphatic carbocycles. The Bertz CT molecular complexity index is 795. The molecule has 0 aromatic heterocycles. The topological polar surface area (TPSA) is 38.3 Å². The van der Waals surface area contributed by atoms with Crippen LogP contribution in [-0.2, 0) is 17.6 Å². The Morgan fingerprint density at radius 3 is 2.62 bits per heavy atom. The molecule has 1 aliphatic rings. The SMILES string of the molecule is Cc1ccc(C(C)C)c(OCC(=O)N[C@@H](C)c2ccc3c(c2)CCC3)c1. The molecule has 0 saturated carbocycles. The molecule has 0 spiro atoms.